The fourth-order valence-electron chi connectivity index (χ4n) is 6.31. The lowest BCUT2D eigenvalue weighted by molar-refractivity contribution is 0.0972. The van der Waals surface area contributed by atoms with Crippen LogP contribution in [0, 0.1) is 5.92 Å². The molecule has 0 spiro atoms. The Balaban J connectivity index is 1.25. The van der Waals surface area contributed by atoms with Gasteiger partial charge in [0.25, 0.3) is 0 Å². The zero-order valence-corrected chi connectivity index (χ0v) is 17.4. The molecule has 2 nitrogen and oxygen atoms in total. The summed E-state index contributed by atoms with van der Waals surface area (Å²) in [4.78, 5) is 2.83. The van der Waals surface area contributed by atoms with Gasteiger partial charge in [-0.05, 0) is 55.7 Å². The summed E-state index contributed by atoms with van der Waals surface area (Å²) in [6.07, 6.45) is 6.50. The third kappa shape index (κ3) is 3.15. The number of piperidine rings is 1. The van der Waals surface area contributed by atoms with E-state index in [1.54, 1.807) is 0 Å². The van der Waals surface area contributed by atoms with Gasteiger partial charge in [0.05, 0.1) is 0 Å². The standard InChI is InChI=1S/C28H29NO/c1-2-8-20(9-3-1)16-17-29-22-14-15-23(29)19-21(18-22)28-24-10-4-6-12-26(24)30-27-13-7-5-11-25(27)28/h1-13,21-23,28H,14-19H2. The number of hydrogen-bond donors (Lipinski definition) is 0. The van der Waals surface area contributed by atoms with Gasteiger partial charge in [0, 0.05) is 35.7 Å². The van der Waals surface area contributed by atoms with Crippen LogP contribution < -0.4 is 4.74 Å². The van der Waals surface area contributed by atoms with E-state index < -0.39 is 0 Å². The van der Waals surface area contributed by atoms with Crippen molar-refractivity contribution < 1.29 is 4.74 Å². The fourth-order valence-corrected chi connectivity index (χ4v) is 6.31. The Morgan fingerprint density at radius 2 is 1.27 bits per heavy atom. The number of benzene rings is 3. The molecule has 3 aliphatic rings. The van der Waals surface area contributed by atoms with Crippen LogP contribution in [0.5, 0.6) is 11.5 Å². The Morgan fingerprint density at radius 1 is 0.700 bits per heavy atom. The first-order valence-electron chi connectivity index (χ1n) is 11.5. The van der Waals surface area contributed by atoms with Crippen molar-refractivity contribution in [2.75, 3.05) is 6.54 Å². The molecule has 2 atom stereocenters. The van der Waals surface area contributed by atoms with Gasteiger partial charge in [-0.15, -0.1) is 0 Å². The molecule has 3 aromatic carbocycles. The van der Waals surface area contributed by atoms with E-state index in [-0.39, 0.29) is 0 Å². The Hall–Kier alpha value is -2.58. The van der Waals surface area contributed by atoms with E-state index in [2.05, 4.69) is 83.8 Å². The first-order chi connectivity index (χ1) is 14.9. The lowest BCUT2D eigenvalue weighted by Crippen LogP contribution is -2.45. The Bertz CT molecular complexity index is 970. The molecular formula is C28H29NO. The highest BCUT2D eigenvalue weighted by atomic mass is 16.5. The zero-order chi connectivity index (χ0) is 19.9. The lowest BCUT2D eigenvalue weighted by Gasteiger charge is -2.43. The van der Waals surface area contributed by atoms with Crippen LogP contribution in [0.25, 0.3) is 0 Å². The summed E-state index contributed by atoms with van der Waals surface area (Å²) in [6, 6.07) is 29.9. The van der Waals surface area contributed by atoms with Crippen LogP contribution in [0.2, 0.25) is 0 Å². The molecule has 152 valence electrons. The summed E-state index contributed by atoms with van der Waals surface area (Å²) >= 11 is 0. The predicted octanol–water partition coefficient (Wildman–Crippen LogP) is 6.41. The SMILES string of the molecule is c1ccc(CCN2C3CCC2CC(C2c4ccccc4Oc4ccccc42)C3)cc1. The maximum Gasteiger partial charge on any atom is 0.131 e. The molecule has 2 saturated heterocycles. The van der Waals surface area contributed by atoms with Crippen LogP contribution in [0.3, 0.4) is 0 Å². The zero-order valence-electron chi connectivity index (χ0n) is 17.4. The second-order valence-electron chi connectivity index (χ2n) is 9.25. The highest BCUT2D eigenvalue weighted by molar-refractivity contribution is 5.53. The molecule has 2 bridgehead atoms. The van der Waals surface area contributed by atoms with Gasteiger partial charge in [-0.25, -0.2) is 0 Å². The average Bonchev–Trinajstić information content (AvgIpc) is 3.03. The van der Waals surface area contributed by atoms with Gasteiger partial charge in [-0.1, -0.05) is 66.7 Å². The molecule has 6 rings (SSSR count). The molecule has 2 fully saturated rings. The van der Waals surface area contributed by atoms with Crippen LogP contribution in [-0.2, 0) is 6.42 Å². The third-order valence-corrected chi connectivity index (χ3v) is 7.62. The number of para-hydroxylation sites is 2. The van der Waals surface area contributed by atoms with Gasteiger partial charge in [0.1, 0.15) is 11.5 Å². The van der Waals surface area contributed by atoms with E-state index in [0.717, 1.165) is 23.6 Å². The largest absolute Gasteiger partial charge is 0.457 e. The summed E-state index contributed by atoms with van der Waals surface area (Å²) in [6.45, 7) is 1.20. The molecule has 3 aliphatic heterocycles. The second-order valence-corrected chi connectivity index (χ2v) is 9.25. The minimum atomic E-state index is 0.463. The van der Waals surface area contributed by atoms with E-state index >= 15 is 0 Å². The van der Waals surface area contributed by atoms with E-state index in [4.69, 9.17) is 4.74 Å². The normalized spacial score (nSPS) is 25.4. The first kappa shape index (κ1) is 18.2. The van der Waals surface area contributed by atoms with Gasteiger partial charge in [-0.3, -0.25) is 4.90 Å². The van der Waals surface area contributed by atoms with Crippen molar-refractivity contribution in [3.05, 3.63) is 95.6 Å². The minimum Gasteiger partial charge on any atom is -0.457 e. The van der Waals surface area contributed by atoms with E-state index in [1.807, 2.05) is 0 Å². The molecule has 2 heteroatoms. The second kappa shape index (κ2) is 7.59. The minimum absolute atomic E-state index is 0.463. The van der Waals surface area contributed by atoms with E-state index in [0.29, 0.717) is 11.8 Å². The third-order valence-electron chi connectivity index (χ3n) is 7.62. The number of rotatable bonds is 4. The van der Waals surface area contributed by atoms with Crippen LogP contribution in [0.15, 0.2) is 78.9 Å². The van der Waals surface area contributed by atoms with Crippen molar-refractivity contribution in [3.63, 3.8) is 0 Å². The predicted molar refractivity (Wildman–Crippen MR) is 121 cm³/mol. The number of ether oxygens (including phenoxy) is 1. The van der Waals surface area contributed by atoms with Gasteiger partial charge < -0.3 is 4.74 Å². The fraction of sp³-hybridized carbons (Fsp3) is 0.357. The van der Waals surface area contributed by atoms with Crippen molar-refractivity contribution in [3.8, 4) is 11.5 Å². The van der Waals surface area contributed by atoms with Gasteiger partial charge in [-0.2, -0.15) is 0 Å². The summed E-state index contributed by atoms with van der Waals surface area (Å²) in [5.41, 5.74) is 4.24. The van der Waals surface area contributed by atoms with E-state index in [9.17, 15) is 0 Å². The molecule has 0 radical (unpaired) electrons. The lowest BCUT2D eigenvalue weighted by atomic mass is 9.72. The van der Waals surface area contributed by atoms with Crippen LogP contribution in [0.4, 0.5) is 0 Å². The topological polar surface area (TPSA) is 12.5 Å². The molecule has 30 heavy (non-hydrogen) atoms. The Labute approximate surface area is 179 Å². The van der Waals surface area contributed by atoms with Crippen molar-refractivity contribution in [2.24, 2.45) is 5.92 Å². The summed E-state index contributed by atoms with van der Waals surface area (Å²) < 4.78 is 6.27. The molecular weight excluding hydrogens is 366 g/mol. The monoisotopic (exact) mass is 395 g/mol. The summed E-state index contributed by atoms with van der Waals surface area (Å²) in [7, 11) is 0. The molecule has 0 aromatic heterocycles. The molecule has 3 heterocycles. The first-order valence-corrected chi connectivity index (χ1v) is 11.5. The Kier molecular flexibility index (Phi) is 4.61. The summed E-state index contributed by atoms with van der Waals surface area (Å²) in [5, 5.41) is 0. The molecule has 0 saturated carbocycles. The van der Waals surface area contributed by atoms with Crippen LogP contribution in [-0.4, -0.2) is 23.5 Å². The maximum atomic E-state index is 6.27. The van der Waals surface area contributed by atoms with Gasteiger partial charge in [0.15, 0.2) is 0 Å². The highest BCUT2D eigenvalue weighted by Crippen LogP contribution is 2.52. The quantitative estimate of drug-likeness (QED) is 0.506. The van der Waals surface area contributed by atoms with Crippen molar-refractivity contribution in [2.45, 2.75) is 50.1 Å². The van der Waals surface area contributed by atoms with Gasteiger partial charge >= 0.3 is 0 Å². The average molecular weight is 396 g/mol. The van der Waals surface area contributed by atoms with Crippen molar-refractivity contribution in [1.29, 1.82) is 0 Å². The number of fused-ring (bicyclic) bond motifs is 4. The number of nitrogens with zero attached hydrogens (tertiary/aromatic N) is 1. The van der Waals surface area contributed by atoms with Gasteiger partial charge in [0.2, 0.25) is 0 Å². The molecule has 0 amide bonds. The summed E-state index contributed by atoms with van der Waals surface area (Å²) in [5.74, 6) is 3.27. The number of hydrogen-bond acceptors (Lipinski definition) is 2. The highest BCUT2D eigenvalue weighted by Gasteiger charge is 2.44. The molecule has 2 unspecified atom stereocenters. The van der Waals surface area contributed by atoms with E-state index in [1.165, 1.54) is 55.3 Å². The van der Waals surface area contributed by atoms with Crippen LogP contribution in [0.1, 0.15) is 48.3 Å². The van der Waals surface area contributed by atoms with Crippen molar-refractivity contribution in [1.82, 2.24) is 4.90 Å². The van der Waals surface area contributed by atoms with Crippen LogP contribution >= 0.6 is 0 Å². The smallest absolute Gasteiger partial charge is 0.131 e. The molecule has 3 aromatic rings. The maximum absolute atomic E-state index is 6.27. The molecule has 0 N–H and O–H groups in total. The van der Waals surface area contributed by atoms with Crippen molar-refractivity contribution >= 4 is 0 Å². The molecule has 0 aliphatic carbocycles. The Morgan fingerprint density at radius 3 is 1.90 bits per heavy atom.